The highest BCUT2D eigenvalue weighted by atomic mass is 19.4. The second-order valence-corrected chi connectivity index (χ2v) is 4.52. The molecule has 0 aliphatic rings. The van der Waals surface area contributed by atoms with Crippen LogP contribution in [-0.4, -0.2) is 6.54 Å². The summed E-state index contributed by atoms with van der Waals surface area (Å²) in [6.45, 7) is 3.90. The van der Waals surface area contributed by atoms with Gasteiger partial charge in [0, 0.05) is 6.04 Å². The Morgan fingerprint density at radius 3 is 1.75 bits per heavy atom. The maximum absolute atomic E-state index is 12.7. The highest BCUT2D eigenvalue weighted by Crippen LogP contribution is 2.37. The van der Waals surface area contributed by atoms with Crippen molar-refractivity contribution >= 4 is 0 Å². The van der Waals surface area contributed by atoms with E-state index in [1.165, 1.54) is 6.92 Å². The lowest BCUT2D eigenvalue weighted by molar-refractivity contribution is -0.143. The fraction of sp³-hybridized carbons (Fsp3) is 0.538. The molecule has 0 spiro atoms. The first-order valence-electron chi connectivity index (χ1n) is 6.08. The first kappa shape index (κ1) is 16.8. The molecule has 1 unspecified atom stereocenters. The largest absolute Gasteiger partial charge is 0.416 e. The Morgan fingerprint density at radius 1 is 0.950 bits per heavy atom. The summed E-state index contributed by atoms with van der Waals surface area (Å²) in [5, 5.41) is 2.87. The van der Waals surface area contributed by atoms with Crippen LogP contribution >= 0.6 is 0 Å². The van der Waals surface area contributed by atoms with E-state index < -0.39 is 29.5 Å². The van der Waals surface area contributed by atoms with Gasteiger partial charge in [-0.15, -0.1) is 0 Å². The first-order valence-corrected chi connectivity index (χ1v) is 6.08. The van der Waals surface area contributed by atoms with Crippen molar-refractivity contribution in [1.29, 1.82) is 0 Å². The highest BCUT2D eigenvalue weighted by molar-refractivity contribution is 5.35. The Balaban J connectivity index is 3.24. The fourth-order valence-electron chi connectivity index (χ4n) is 1.71. The zero-order valence-corrected chi connectivity index (χ0v) is 11.0. The molecule has 0 fully saturated rings. The lowest BCUT2D eigenvalue weighted by Crippen LogP contribution is -2.21. The number of nitrogens with one attached hydrogen (secondary N) is 1. The number of alkyl halides is 6. The molecular weight excluding hydrogens is 284 g/mol. The van der Waals surface area contributed by atoms with Gasteiger partial charge in [-0.1, -0.05) is 6.92 Å². The van der Waals surface area contributed by atoms with Crippen molar-refractivity contribution in [3.8, 4) is 0 Å². The molecule has 0 aliphatic heterocycles. The average Bonchev–Trinajstić information content (AvgIpc) is 2.33. The minimum absolute atomic E-state index is 0.0272. The fourth-order valence-corrected chi connectivity index (χ4v) is 1.71. The first-order chi connectivity index (χ1) is 9.05. The van der Waals surface area contributed by atoms with Gasteiger partial charge < -0.3 is 5.32 Å². The standard InChI is InChI=1S/C13H15F6N/c1-3-4-20-8(2)9-5-10(12(14,15)16)7-11(6-9)13(17,18)19/h5-8,20H,3-4H2,1-2H3. The third-order valence-corrected chi connectivity index (χ3v) is 2.81. The minimum Gasteiger partial charge on any atom is -0.310 e. The second kappa shape index (κ2) is 6.03. The van der Waals surface area contributed by atoms with Gasteiger partial charge in [-0.25, -0.2) is 0 Å². The molecule has 1 aromatic rings. The van der Waals surface area contributed by atoms with Crippen molar-refractivity contribution in [2.24, 2.45) is 0 Å². The smallest absolute Gasteiger partial charge is 0.310 e. The predicted octanol–water partition coefficient (Wildman–Crippen LogP) is 4.78. The molecule has 1 aromatic carbocycles. The van der Waals surface area contributed by atoms with Crippen molar-refractivity contribution < 1.29 is 26.3 Å². The van der Waals surface area contributed by atoms with Crippen LogP contribution in [0.5, 0.6) is 0 Å². The molecule has 0 aliphatic carbocycles. The molecule has 7 heteroatoms. The predicted molar refractivity (Wildman–Crippen MR) is 63.2 cm³/mol. The summed E-state index contributed by atoms with van der Waals surface area (Å²) < 4.78 is 76.0. The molecule has 0 saturated carbocycles. The third-order valence-electron chi connectivity index (χ3n) is 2.81. The van der Waals surface area contributed by atoms with Crippen molar-refractivity contribution in [3.63, 3.8) is 0 Å². The summed E-state index contributed by atoms with van der Waals surface area (Å²) >= 11 is 0. The summed E-state index contributed by atoms with van der Waals surface area (Å²) in [4.78, 5) is 0. The number of hydrogen-bond donors (Lipinski definition) is 1. The Bertz CT molecular complexity index is 417. The summed E-state index contributed by atoms with van der Waals surface area (Å²) in [5.41, 5.74) is -2.60. The average molecular weight is 299 g/mol. The Hall–Kier alpha value is -1.24. The normalized spacial score (nSPS) is 14.4. The molecule has 114 valence electrons. The molecule has 0 amide bonds. The van der Waals surface area contributed by atoms with Gasteiger partial charge in [0.1, 0.15) is 0 Å². The van der Waals surface area contributed by atoms with E-state index in [1.54, 1.807) is 0 Å². The molecule has 1 rings (SSSR count). The maximum atomic E-state index is 12.7. The topological polar surface area (TPSA) is 12.0 Å². The molecule has 0 aromatic heterocycles. The Kier molecular flexibility index (Phi) is 5.07. The zero-order chi connectivity index (χ0) is 15.6. The van der Waals surface area contributed by atoms with Crippen LogP contribution in [0.25, 0.3) is 0 Å². The van der Waals surface area contributed by atoms with E-state index in [9.17, 15) is 26.3 Å². The summed E-state index contributed by atoms with van der Waals surface area (Å²) in [6, 6.07) is 1.06. The van der Waals surface area contributed by atoms with E-state index >= 15 is 0 Å². The SMILES string of the molecule is CCCNC(C)c1cc(C(F)(F)F)cc(C(F)(F)F)c1. The van der Waals surface area contributed by atoms with Gasteiger partial charge in [-0.2, -0.15) is 26.3 Å². The monoisotopic (exact) mass is 299 g/mol. The van der Waals surface area contributed by atoms with Gasteiger partial charge in [-0.05, 0) is 43.7 Å². The second-order valence-electron chi connectivity index (χ2n) is 4.52. The van der Waals surface area contributed by atoms with E-state index in [-0.39, 0.29) is 11.6 Å². The minimum atomic E-state index is -4.81. The molecule has 1 N–H and O–H groups in total. The molecule has 0 bridgehead atoms. The van der Waals surface area contributed by atoms with Crippen LogP contribution in [0, 0.1) is 0 Å². The third kappa shape index (κ3) is 4.40. The molecule has 0 heterocycles. The number of benzene rings is 1. The van der Waals surface area contributed by atoms with Gasteiger partial charge in [-0.3, -0.25) is 0 Å². The summed E-state index contributed by atoms with van der Waals surface area (Å²) in [6.07, 6.45) is -8.88. The van der Waals surface area contributed by atoms with Crippen LogP contribution in [-0.2, 0) is 12.4 Å². The number of hydrogen-bond acceptors (Lipinski definition) is 1. The molecule has 1 atom stereocenters. The van der Waals surface area contributed by atoms with Crippen LogP contribution in [0.3, 0.4) is 0 Å². The van der Waals surface area contributed by atoms with Gasteiger partial charge in [0.25, 0.3) is 0 Å². The lowest BCUT2D eigenvalue weighted by Gasteiger charge is -2.18. The molecule has 0 radical (unpaired) electrons. The van der Waals surface area contributed by atoms with Crippen LogP contribution in [0.1, 0.15) is 43.0 Å². The van der Waals surface area contributed by atoms with E-state index in [1.807, 2.05) is 6.92 Å². The number of rotatable bonds is 4. The number of halogens is 6. The molecule has 0 saturated heterocycles. The molecule has 20 heavy (non-hydrogen) atoms. The van der Waals surface area contributed by atoms with Crippen LogP contribution < -0.4 is 5.32 Å². The lowest BCUT2D eigenvalue weighted by atomic mass is 10.0. The van der Waals surface area contributed by atoms with E-state index in [0.717, 1.165) is 18.6 Å². The van der Waals surface area contributed by atoms with E-state index in [4.69, 9.17) is 0 Å². The van der Waals surface area contributed by atoms with Gasteiger partial charge in [0.05, 0.1) is 11.1 Å². The van der Waals surface area contributed by atoms with Gasteiger partial charge in [0.15, 0.2) is 0 Å². The van der Waals surface area contributed by atoms with Crippen molar-refractivity contribution in [1.82, 2.24) is 5.32 Å². The zero-order valence-electron chi connectivity index (χ0n) is 11.0. The maximum Gasteiger partial charge on any atom is 0.416 e. The van der Waals surface area contributed by atoms with Gasteiger partial charge >= 0.3 is 12.4 Å². The quantitative estimate of drug-likeness (QED) is 0.789. The van der Waals surface area contributed by atoms with Crippen molar-refractivity contribution in [2.75, 3.05) is 6.54 Å². The van der Waals surface area contributed by atoms with Crippen molar-refractivity contribution in [3.05, 3.63) is 34.9 Å². The van der Waals surface area contributed by atoms with E-state index in [0.29, 0.717) is 6.54 Å². The summed E-state index contributed by atoms with van der Waals surface area (Å²) in [7, 11) is 0. The van der Waals surface area contributed by atoms with E-state index in [2.05, 4.69) is 5.32 Å². The summed E-state index contributed by atoms with van der Waals surface area (Å²) in [5.74, 6) is 0. The Labute approximate surface area is 113 Å². The van der Waals surface area contributed by atoms with Crippen LogP contribution in [0.4, 0.5) is 26.3 Å². The molecule has 1 nitrogen and oxygen atoms in total. The van der Waals surface area contributed by atoms with Crippen molar-refractivity contribution in [2.45, 2.75) is 38.7 Å². The van der Waals surface area contributed by atoms with Gasteiger partial charge in [0.2, 0.25) is 0 Å². The molecular formula is C13H15F6N. The van der Waals surface area contributed by atoms with Crippen LogP contribution in [0.15, 0.2) is 18.2 Å². The highest BCUT2D eigenvalue weighted by Gasteiger charge is 2.37. The van der Waals surface area contributed by atoms with Crippen LogP contribution in [0.2, 0.25) is 0 Å². The Morgan fingerprint density at radius 2 is 1.40 bits per heavy atom.